The lowest BCUT2D eigenvalue weighted by atomic mass is 9.83. The van der Waals surface area contributed by atoms with Gasteiger partial charge in [-0.15, -0.1) is 0 Å². The quantitative estimate of drug-likeness (QED) is 0.628. The smallest absolute Gasteiger partial charge is 0.353 e. The molecule has 2 amide bonds. The van der Waals surface area contributed by atoms with Crippen LogP contribution in [0.4, 0.5) is 0 Å². The Morgan fingerprint density at radius 3 is 2.71 bits per heavy atom. The average molecular weight is 312 g/mol. The molecule has 3 N–H and O–H groups in total. The molecule has 0 unspecified atom stereocenters. The zero-order chi connectivity index (χ0) is 15.7. The predicted molar refractivity (Wildman–Crippen MR) is 75.6 cm³/mol. The van der Waals surface area contributed by atoms with E-state index in [1.807, 2.05) is 0 Å². The summed E-state index contributed by atoms with van der Waals surface area (Å²) in [6.07, 6.45) is 1.02. The molecule has 21 heavy (non-hydrogen) atoms. The topological polar surface area (TPSA) is 107 Å². The van der Waals surface area contributed by atoms with Crippen LogP contribution < -0.4 is 5.32 Å². The third-order valence-electron chi connectivity index (χ3n) is 3.46. The number of carboxylic acid groups (broad SMARTS) is 1. The monoisotopic (exact) mass is 312 g/mol. The number of aliphatic hydroxyl groups excluding tert-OH is 1. The first-order valence-electron chi connectivity index (χ1n) is 6.41. The number of rotatable bonds is 5. The van der Waals surface area contributed by atoms with E-state index in [1.165, 1.54) is 24.9 Å². The van der Waals surface area contributed by atoms with Gasteiger partial charge in [0.25, 0.3) is 0 Å². The molecule has 1 fully saturated rings. The number of carboxylic acids is 1. The van der Waals surface area contributed by atoms with Gasteiger partial charge in [0.15, 0.2) is 0 Å². The van der Waals surface area contributed by atoms with Crippen LogP contribution >= 0.6 is 11.8 Å². The highest BCUT2D eigenvalue weighted by Crippen LogP contribution is 2.47. The molecule has 0 aromatic heterocycles. The second-order valence-electron chi connectivity index (χ2n) is 4.94. The molecule has 7 nitrogen and oxygen atoms in total. The zero-order valence-electron chi connectivity index (χ0n) is 11.6. The number of thioether (sulfide) groups is 1. The van der Waals surface area contributed by atoms with Gasteiger partial charge in [-0.3, -0.25) is 9.59 Å². The van der Waals surface area contributed by atoms with Crippen molar-refractivity contribution < 1.29 is 24.6 Å². The van der Waals surface area contributed by atoms with E-state index in [1.54, 1.807) is 5.41 Å². The number of amides is 2. The molecule has 0 aromatic carbocycles. The van der Waals surface area contributed by atoms with E-state index in [0.717, 1.165) is 11.8 Å². The fraction of sp³-hybridized carbons (Fsp3) is 0.462. The van der Waals surface area contributed by atoms with E-state index in [4.69, 9.17) is 0 Å². The summed E-state index contributed by atoms with van der Waals surface area (Å²) in [5.41, 5.74) is -0.0284. The number of hydrogen-bond donors (Lipinski definition) is 3. The summed E-state index contributed by atoms with van der Waals surface area (Å²) in [4.78, 5) is 35.8. The van der Waals surface area contributed by atoms with Crippen LogP contribution in [-0.4, -0.2) is 45.0 Å². The molecule has 0 aromatic rings. The number of aliphatic hydroxyl groups is 1. The second-order valence-corrected chi connectivity index (χ2v) is 5.94. The van der Waals surface area contributed by atoms with E-state index in [9.17, 15) is 24.6 Å². The molecule has 2 rings (SSSR count). The first-order valence-corrected chi connectivity index (χ1v) is 7.29. The fourth-order valence-corrected chi connectivity index (χ4v) is 3.47. The summed E-state index contributed by atoms with van der Waals surface area (Å²) in [5, 5.41) is 22.9. The molecule has 0 radical (unpaired) electrons. The maximum Gasteiger partial charge on any atom is 0.353 e. The van der Waals surface area contributed by atoms with Crippen LogP contribution in [0.1, 0.15) is 20.3 Å². The summed E-state index contributed by atoms with van der Waals surface area (Å²) in [6, 6.07) is -0.291. The van der Waals surface area contributed by atoms with Crippen molar-refractivity contribution in [3.8, 4) is 0 Å². The van der Waals surface area contributed by atoms with Crippen molar-refractivity contribution in [3.63, 3.8) is 0 Å². The molecule has 2 heterocycles. The van der Waals surface area contributed by atoms with Gasteiger partial charge in [0, 0.05) is 24.4 Å². The lowest BCUT2D eigenvalue weighted by Crippen LogP contribution is -2.61. The average Bonchev–Trinajstić information content (AvgIpc) is 2.68. The Morgan fingerprint density at radius 2 is 2.19 bits per heavy atom. The molecule has 0 spiro atoms. The Balaban J connectivity index is 2.13. The molecule has 114 valence electrons. The van der Waals surface area contributed by atoms with Crippen LogP contribution in [0, 0.1) is 5.92 Å². The zero-order valence-corrected chi connectivity index (χ0v) is 12.4. The fourth-order valence-electron chi connectivity index (χ4n) is 2.60. The Bertz CT molecular complexity index is 555. The van der Waals surface area contributed by atoms with Crippen LogP contribution in [0.25, 0.3) is 0 Å². The van der Waals surface area contributed by atoms with Crippen molar-refractivity contribution >= 4 is 29.5 Å². The highest BCUT2D eigenvalue weighted by molar-refractivity contribution is 8.05. The van der Waals surface area contributed by atoms with Gasteiger partial charge in [-0.2, -0.15) is 0 Å². The van der Waals surface area contributed by atoms with Gasteiger partial charge in [-0.05, 0) is 12.3 Å². The number of nitrogens with one attached hydrogen (secondary N) is 1. The van der Waals surface area contributed by atoms with Crippen LogP contribution in [0.2, 0.25) is 0 Å². The van der Waals surface area contributed by atoms with Crippen molar-refractivity contribution in [3.05, 3.63) is 22.2 Å². The summed E-state index contributed by atoms with van der Waals surface area (Å²) >= 11 is 1.15. The van der Waals surface area contributed by atoms with Gasteiger partial charge < -0.3 is 20.4 Å². The minimum absolute atomic E-state index is 0.0284. The Morgan fingerprint density at radius 1 is 1.52 bits per heavy atom. The number of carbonyl (C=O) groups excluding carboxylic acids is 2. The SMILES string of the molecule is CC(=O)N/C=C/SC1=C(C(=O)O)N2C(=O)[C@@H]([C@H](C)O)[C@H]2C1. The van der Waals surface area contributed by atoms with Crippen molar-refractivity contribution in [2.24, 2.45) is 5.92 Å². The number of hydrogen-bond acceptors (Lipinski definition) is 5. The minimum Gasteiger partial charge on any atom is -0.477 e. The molecule has 1 saturated heterocycles. The van der Waals surface area contributed by atoms with Gasteiger partial charge in [0.05, 0.1) is 18.1 Å². The molecular weight excluding hydrogens is 296 g/mol. The van der Waals surface area contributed by atoms with Crippen molar-refractivity contribution in [2.75, 3.05) is 0 Å². The van der Waals surface area contributed by atoms with Gasteiger partial charge in [-0.25, -0.2) is 4.79 Å². The van der Waals surface area contributed by atoms with Crippen LogP contribution in [0.5, 0.6) is 0 Å². The summed E-state index contributed by atoms with van der Waals surface area (Å²) < 4.78 is 0. The van der Waals surface area contributed by atoms with E-state index in [0.29, 0.717) is 11.3 Å². The number of nitrogens with zero attached hydrogens (tertiary/aromatic N) is 1. The Hall–Kier alpha value is -1.80. The normalized spacial score (nSPS) is 25.9. The lowest BCUT2D eigenvalue weighted by molar-refractivity contribution is -0.161. The third-order valence-corrected chi connectivity index (χ3v) is 4.37. The predicted octanol–water partition coefficient (Wildman–Crippen LogP) is 0.235. The van der Waals surface area contributed by atoms with Crippen molar-refractivity contribution in [2.45, 2.75) is 32.4 Å². The van der Waals surface area contributed by atoms with Crippen LogP contribution in [0.3, 0.4) is 0 Å². The number of β-lactam (4-membered cyclic amide) rings is 1. The van der Waals surface area contributed by atoms with Gasteiger partial charge in [0.2, 0.25) is 11.8 Å². The largest absolute Gasteiger partial charge is 0.477 e. The van der Waals surface area contributed by atoms with E-state index < -0.39 is 18.0 Å². The number of fused-ring (bicyclic) bond motifs is 1. The van der Waals surface area contributed by atoms with Gasteiger partial charge >= 0.3 is 5.97 Å². The molecule has 3 atom stereocenters. The van der Waals surface area contributed by atoms with Crippen molar-refractivity contribution in [1.82, 2.24) is 10.2 Å². The lowest BCUT2D eigenvalue weighted by Gasteiger charge is -2.44. The summed E-state index contributed by atoms with van der Waals surface area (Å²) in [5.74, 6) is -2.28. The van der Waals surface area contributed by atoms with E-state index >= 15 is 0 Å². The molecule has 2 aliphatic rings. The molecule has 2 aliphatic heterocycles. The van der Waals surface area contributed by atoms with Crippen LogP contribution in [0.15, 0.2) is 22.2 Å². The molecule has 8 heteroatoms. The third kappa shape index (κ3) is 2.81. The maximum atomic E-state index is 11.9. The van der Waals surface area contributed by atoms with Crippen LogP contribution in [-0.2, 0) is 14.4 Å². The highest BCUT2D eigenvalue weighted by Gasteiger charge is 2.56. The molecule has 0 saturated carbocycles. The summed E-state index contributed by atoms with van der Waals surface area (Å²) in [6.45, 7) is 2.90. The number of aliphatic carboxylic acids is 1. The first-order chi connectivity index (χ1) is 9.84. The van der Waals surface area contributed by atoms with Gasteiger partial charge in [-0.1, -0.05) is 11.8 Å². The number of carbonyl (C=O) groups is 3. The molecule has 0 bridgehead atoms. The molecule has 0 aliphatic carbocycles. The summed E-state index contributed by atoms with van der Waals surface area (Å²) in [7, 11) is 0. The second kappa shape index (κ2) is 5.90. The highest BCUT2D eigenvalue weighted by atomic mass is 32.2. The standard InChI is InChI=1S/C13H16N2O5S/c1-6(16)10-8-5-9(21-4-3-14-7(2)17)11(13(19)20)15(8)12(10)18/h3-4,6,8,10,16H,5H2,1-2H3,(H,14,17)(H,19,20)/b4-3+/t6-,8+,10-/m0/s1. The Kier molecular flexibility index (Phi) is 4.38. The molecular formula is C13H16N2O5S. The van der Waals surface area contributed by atoms with Crippen molar-refractivity contribution in [1.29, 1.82) is 0 Å². The maximum absolute atomic E-state index is 11.9. The Labute approximate surface area is 125 Å². The first kappa shape index (κ1) is 15.6. The minimum atomic E-state index is -1.16. The van der Waals surface area contributed by atoms with E-state index in [-0.39, 0.29) is 23.6 Å². The van der Waals surface area contributed by atoms with Gasteiger partial charge in [0.1, 0.15) is 5.70 Å². The van der Waals surface area contributed by atoms with E-state index in [2.05, 4.69) is 5.32 Å².